The zero-order valence-corrected chi connectivity index (χ0v) is 12.4. The highest BCUT2D eigenvalue weighted by molar-refractivity contribution is 5.86. The maximum atomic E-state index is 14.4. The van der Waals surface area contributed by atoms with Crippen LogP contribution in [0.3, 0.4) is 0 Å². The molecule has 23 heavy (non-hydrogen) atoms. The molecule has 4 nitrogen and oxygen atoms in total. The Labute approximate surface area is 132 Å². The number of rotatable bonds is 2. The molecule has 0 amide bonds. The van der Waals surface area contributed by atoms with E-state index in [0.29, 0.717) is 11.3 Å². The Morgan fingerprint density at radius 3 is 2.78 bits per heavy atom. The molecule has 0 aliphatic heterocycles. The number of nitrogens with one attached hydrogen (secondary N) is 1. The van der Waals surface area contributed by atoms with Gasteiger partial charge in [0.15, 0.2) is 5.65 Å². The normalized spacial score (nSPS) is 11.0. The van der Waals surface area contributed by atoms with Gasteiger partial charge in [-0.3, -0.25) is 10.1 Å². The summed E-state index contributed by atoms with van der Waals surface area (Å²) in [4.78, 5) is 8.74. The fraction of sp³-hybridized carbons (Fsp3) is 0.0556. The van der Waals surface area contributed by atoms with E-state index >= 15 is 0 Å². The molecule has 0 fully saturated rings. The summed E-state index contributed by atoms with van der Waals surface area (Å²) in [5.74, 6) is -0.276. The molecule has 3 aromatic heterocycles. The number of fused-ring (bicyclic) bond motifs is 1. The Hall–Kier alpha value is -3.08. The van der Waals surface area contributed by atoms with Crippen LogP contribution in [-0.2, 0) is 0 Å². The van der Waals surface area contributed by atoms with E-state index in [0.717, 1.165) is 27.7 Å². The molecule has 0 unspecified atom stereocenters. The Morgan fingerprint density at radius 1 is 1.00 bits per heavy atom. The Bertz CT molecular complexity index is 1010. The van der Waals surface area contributed by atoms with E-state index in [4.69, 9.17) is 0 Å². The molecule has 3 heterocycles. The van der Waals surface area contributed by atoms with E-state index in [1.54, 1.807) is 24.7 Å². The van der Waals surface area contributed by atoms with Gasteiger partial charge in [-0.15, -0.1) is 0 Å². The number of halogens is 1. The molecule has 0 aliphatic rings. The van der Waals surface area contributed by atoms with Gasteiger partial charge in [-0.25, -0.2) is 9.37 Å². The summed E-state index contributed by atoms with van der Waals surface area (Å²) in [5.41, 5.74) is 4.41. The molecular weight excluding hydrogens is 291 g/mol. The van der Waals surface area contributed by atoms with Gasteiger partial charge in [-0.1, -0.05) is 12.1 Å². The van der Waals surface area contributed by atoms with Gasteiger partial charge in [0.2, 0.25) is 0 Å². The van der Waals surface area contributed by atoms with Gasteiger partial charge < -0.3 is 0 Å². The van der Waals surface area contributed by atoms with Gasteiger partial charge in [0.1, 0.15) is 5.82 Å². The van der Waals surface area contributed by atoms with Crippen molar-refractivity contribution >= 4 is 11.0 Å². The second kappa shape index (κ2) is 5.28. The molecule has 4 rings (SSSR count). The van der Waals surface area contributed by atoms with Crippen LogP contribution < -0.4 is 0 Å². The molecule has 4 aromatic rings. The number of aromatic nitrogens is 4. The van der Waals surface area contributed by atoms with E-state index in [1.807, 2.05) is 31.2 Å². The predicted molar refractivity (Wildman–Crippen MR) is 87.3 cm³/mol. The summed E-state index contributed by atoms with van der Waals surface area (Å²) in [6, 6.07) is 10.9. The van der Waals surface area contributed by atoms with Gasteiger partial charge in [0, 0.05) is 34.5 Å². The van der Waals surface area contributed by atoms with Crippen LogP contribution in [0, 0.1) is 12.7 Å². The lowest BCUT2D eigenvalue weighted by molar-refractivity contribution is 0.629. The largest absolute Gasteiger partial charge is 0.261 e. The first kappa shape index (κ1) is 13.6. The Morgan fingerprint density at radius 2 is 1.91 bits per heavy atom. The summed E-state index contributed by atoms with van der Waals surface area (Å²) in [6.45, 7) is 1.86. The molecule has 0 aliphatic carbocycles. The second-order valence-electron chi connectivity index (χ2n) is 5.41. The van der Waals surface area contributed by atoms with Crippen LogP contribution in [0.25, 0.3) is 33.4 Å². The maximum Gasteiger partial charge on any atom is 0.155 e. The van der Waals surface area contributed by atoms with Crippen molar-refractivity contribution in [1.82, 2.24) is 20.2 Å². The molecule has 0 radical (unpaired) electrons. The van der Waals surface area contributed by atoms with E-state index < -0.39 is 0 Å². The monoisotopic (exact) mass is 304 g/mol. The van der Waals surface area contributed by atoms with Crippen molar-refractivity contribution in [1.29, 1.82) is 0 Å². The number of pyridine rings is 2. The lowest BCUT2D eigenvalue weighted by atomic mass is 9.99. The molecule has 0 bridgehead atoms. The molecular formula is C18H13FN4. The maximum absolute atomic E-state index is 14.4. The molecule has 1 aromatic carbocycles. The first-order chi connectivity index (χ1) is 11.2. The molecule has 5 heteroatoms. The number of benzene rings is 1. The van der Waals surface area contributed by atoms with Crippen LogP contribution in [0.4, 0.5) is 4.39 Å². The fourth-order valence-electron chi connectivity index (χ4n) is 2.65. The van der Waals surface area contributed by atoms with Crippen molar-refractivity contribution in [2.24, 2.45) is 0 Å². The van der Waals surface area contributed by atoms with E-state index in [-0.39, 0.29) is 5.82 Å². The minimum absolute atomic E-state index is 0.276. The first-order valence-electron chi connectivity index (χ1n) is 7.23. The number of hydrogen-bond acceptors (Lipinski definition) is 3. The third kappa shape index (κ3) is 2.36. The van der Waals surface area contributed by atoms with Gasteiger partial charge in [-0.2, -0.15) is 5.10 Å². The second-order valence-corrected chi connectivity index (χ2v) is 5.41. The Balaban J connectivity index is 1.92. The quantitative estimate of drug-likeness (QED) is 0.605. The lowest BCUT2D eigenvalue weighted by Gasteiger charge is -2.10. The topological polar surface area (TPSA) is 54.5 Å². The molecule has 1 N–H and O–H groups in total. The van der Waals surface area contributed by atoms with E-state index in [2.05, 4.69) is 20.2 Å². The van der Waals surface area contributed by atoms with Gasteiger partial charge in [0.05, 0.1) is 11.9 Å². The van der Waals surface area contributed by atoms with Crippen LogP contribution in [0.15, 0.2) is 55.0 Å². The van der Waals surface area contributed by atoms with Gasteiger partial charge in [0.25, 0.3) is 0 Å². The van der Waals surface area contributed by atoms with E-state index in [9.17, 15) is 4.39 Å². The smallest absolute Gasteiger partial charge is 0.155 e. The number of nitrogens with zero attached hydrogens (tertiary/aromatic N) is 3. The number of aryl methyl sites for hydroxylation is 1. The van der Waals surface area contributed by atoms with Crippen LogP contribution in [0.5, 0.6) is 0 Å². The minimum Gasteiger partial charge on any atom is -0.261 e. The van der Waals surface area contributed by atoms with Crippen molar-refractivity contribution < 1.29 is 4.39 Å². The molecule has 112 valence electrons. The van der Waals surface area contributed by atoms with Crippen LogP contribution >= 0.6 is 0 Å². The lowest BCUT2D eigenvalue weighted by Crippen LogP contribution is -1.93. The summed E-state index contributed by atoms with van der Waals surface area (Å²) >= 11 is 0. The highest BCUT2D eigenvalue weighted by Crippen LogP contribution is 2.32. The minimum atomic E-state index is -0.276. The summed E-state index contributed by atoms with van der Waals surface area (Å²) in [7, 11) is 0. The SMILES string of the molecule is Cc1ccc(-c2ncccc2-c2cnc3[nH]ncc3c2)c(F)c1. The number of hydrogen-bond donors (Lipinski definition) is 1. The standard InChI is InChI=1S/C18H13FN4/c1-11-4-5-15(16(19)7-11)17-14(3-2-6-20-17)12-8-13-10-22-23-18(13)21-9-12/h2-10H,1H3,(H,21,22,23). The highest BCUT2D eigenvalue weighted by atomic mass is 19.1. The average molecular weight is 304 g/mol. The summed E-state index contributed by atoms with van der Waals surface area (Å²) in [6.07, 6.45) is 5.13. The van der Waals surface area contributed by atoms with Crippen LogP contribution in [-0.4, -0.2) is 20.2 Å². The highest BCUT2D eigenvalue weighted by Gasteiger charge is 2.13. The van der Waals surface area contributed by atoms with Crippen molar-refractivity contribution in [3.8, 4) is 22.4 Å². The van der Waals surface area contributed by atoms with Crippen LogP contribution in [0.1, 0.15) is 5.56 Å². The van der Waals surface area contributed by atoms with Gasteiger partial charge in [-0.05, 0) is 36.8 Å². The number of aromatic amines is 1. The van der Waals surface area contributed by atoms with Crippen molar-refractivity contribution in [2.45, 2.75) is 6.92 Å². The number of H-pyrrole nitrogens is 1. The first-order valence-corrected chi connectivity index (χ1v) is 7.23. The fourth-order valence-corrected chi connectivity index (χ4v) is 2.65. The molecule has 0 saturated heterocycles. The zero-order chi connectivity index (χ0) is 15.8. The summed E-state index contributed by atoms with van der Waals surface area (Å²) < 4.78 is 14.4. The van der Waals surface area contributed by atoms with Gasteiger partial charge >= 0.3 is 0 Å². The Kier molecular flexibility index (Phi) is 3.12. The molecule has 0 atom stereocenters. The van der Waals surface area contributed by atoms with Crippen molar-refractivity contribution in [3.05, 3.63) is 66.4 Å². The summed E-state index contributed by atoms with van der Waals surface area (Å²) in [5, 5.41) is 7.70. The van der Waals surface area contributed by atoms with Crippen molar-refractivity contribution in [2.75, 3.05) is 0 Å². The van der Waals surface area contributed by atoms with Crippen LogP contribution in [0.2, 0.25) is 0 Å². The van der Waals surface area contributed by atoms with Crippen molar-refractivity contribution in [3.63, 3.8) is 0 Å². The molecule has 0 spiro atoms. The van der Waals surface area contributed by atoms with E-state index in [1.165, 1.54) is 6.07 Å². The third-order valence-corrected chi connectivity index (χ3v) is 3.79. The zero-order valence-electron chi connectivity index (χ0n) is 12.4. The molecule has 0 saturated carbocycles. The average Bonchev–Trinajstić information content (AvgIpc) is 3.02. The predicted octanol–water partition coefficient (Wildman–Crippen LogP) is 4.13. The third-order valence-electron chi connectivity index (χ3n) is 3.79.